The Morgan fingerprint density at radius 2 is 1.67 bits per heavy atom. The number of pyridine rings is 1. The second kappa shape index (κ2) is 10.0. The van der Waals surface area contributed by atoms with Gasteiger partial charge in [-0.2, -0.15) is 0 Å². The minimum Gasteiger partial charge on any atom is -0.352 e. The standard InChI is InChI=1S/C27H22F4N2O3/c1-13-5-16(26-21(31)10-18(28)12-33-26)6-14(2)24(13)25-22(34)8-17(27(25)36)9-23(35)32-11-15-3-4-19(29)20(30)7-15/h3-7,10,12,17,25H,8-9,11H2,1-2H3,(H,32,35). The Morgan fingerprint density at radius 3 is 2.31 bits per heavy atom. The number of benzene rings is 2. The number of nitrogens with zero attached hydrogens (tertiary/aromatic N) is 1. The molecule has 1 aliphatic rings. The molecule has 2 unspecified atom stereocenters. The van der Waals surface area contributed by atoms with E-state index in [0.29, 0.717) is 27.8 Å². The van der Waals surface area contributed by atoms with Crippen molar-refractivity contribution in [2.75, 3.05) is 0 Å². The molecular formula is C27H22F4N2O3. The van der Waals surface area contributed by atoms with Crippen molar-refractivity contribution in [3.63, 3.8) is 0 Å². The maximum Gasteiger partial charge on any atom is 0.221 e. The largest absolute Gasteiger partial charge is 0.352 e. The molecule has 1 N–H and O–H groups in total. The molecule has 1 heterocycles. The van der Waals surface area contributed by atoms with E-state index in [9.17, 15) is 31.9 Å². The summed E-state index contributed by atoms with van der Waals surface area (Å²) < 4.78 is 53.9. The summed E-state index contributed by atoms with van der Waals surface area (Å²) in [6.07, 6.45) is 0.589. The van der Waals surface area contributed by atoms with E-state index in [1.54, 1.807) is 26.0 Å². The van der Waals surface area contributed by atoms with Crippen LogP contribution in [0.2, 0.25) is 0 Å². The van der Waals surface area contributed by atoms with Gasteiger partial charge in [0.2, 0.25) is 5.91 Å². The molecule has 0 saturated heterocycles. The lowest BCUT2D eigenvalue weighted by molar-refractivity contribution is -0.128. The van der Waals surface area contributed by atoms with E-state index in [0.717, 1.165) is 24.4 Å². The maximum atomic E-state index is 14.2. The van der Waals surface area contributed by atoms with E-state index in [1.165, 1.54) is 6.07 Å². The van der Waals surface area contributed by atoms with Crippen LogP contribution in [-0.4, -0.2) is 22.5 Å². The molecule has 0 aliphatic heterocycles. The molecule has 9 heteroatoms. The van der Waals surface area contributed by atoms with Crippen molar-refractivity contribution in [2.45, 2.75) is 39.2 Å². The average Bonchev–Trinajstić information content (AvgIpc) is 3.07. The normalized spacial score (nSPS) is 17.5. The van der Waals surface area contributed by atoms with E-state index >= 15 is 0 Å². The number of rotatable bonds is 6. The number of hydrogen-bond donors (Lipinski definition) is 1. The van der Waals surface area contributed by atoms with Crippen LogP contribution in [-0.2, 0) is 20.9 Å². The van der Waals surface area contributed by atoms with Gasteiger partial charge in [-0.15, -0.1) is 0 Å². The summed E-state index contributed by atoms with van der Waals surface area (Å²) in [5, 5.41) is 2.56. The van der Waals surface area contributed by atoms with Gasteiger partial charge in [-0.3, -0.25) is 19.4 Å². The highest BCUT2D eigenvalue weighted by Crippen LogP contribution is 2.38. The van der Waals surface area contributed by atoms with Crippen molar-refractivity contribution >= 4 is 17.5 Å². The average molecular weight is 498 g/mol. The molecule has 5 nitrogen and oxygen atoms in total. The van der Waals surface area contributed by atoms with Gasteiger partial charge in [0.15, 0.2) is 23.2 Å². The Kier molecular flexibility index (Phi) is 7.01. The fraction of sp³-hybridized carbons (Fsp3) is 0.259. The smallest absolute Gasteiger partial charge is 0.221 e. The molecule has 4 rings (SSSR count). The quantitative estimate of drug-likeness (QED) is 0.389. The number of aryl methyl sites for hydroxylation is 2. The number of nitrogens with one attached hydrogen (secondary N) is 1. The molecule has 2 aromatic carbocycles. The van der Waals surface area contributed by atoms with E-state index in [-0.39, 0.29) is 36.6 Å². The van der Waals surface area contributed by atoms with Gasteiger partial charge in [0.25, 0.3) is 0 Å². The SMILES string of the molecule is Cc1cc(-c2ncc(F)cc2F)cc(C)c1C1C(=O)CC(CC(=O)NCc2ccc(F)c(F)c2)C1=O. The van der Waals surface area contributed by atoms with E-state index in [2.05, 4.69) is 10.3 Å². The molecular weight excluding hydrogens is 476 g/mol. The van der Waals surface area contributed by atoms with Crippen molar-refractivity contribution in [2.24, 2.45) is 5.92 Å². The first-order chi connectivity index (χ1) is 17.0. The number of carbonyl (C=O) groups is 3. The van der Waals surface area contributed by atoms with Gasteiger partial charge in [0, 0.05) is 36.9 Å². The fourth-order valence-electron chi connectivity index (χ4n) is 4.67. The summed E-state index contributed by atoms with van der Waals surface area (Å²) in [4.78, 5) is 42.2. The van der Waals surface area contributed by atoms with Crippen LogP contribution in [0.25, 0.3) is 11.3 Å². The van der Waals surface area contributed by atoms with Crippen LogP contribution in [0.1, 0.15) is 41.0 Å². The van der Waals surface area contributed by atoms with Gasteiger partial charge in [-0.25, -0.2) is 17.6 Å². The van der Waals surface area contributed by atoms with Gasteiger partial charge in [0.1, 0.15) is 23.2 Å². The molecule has 1 aliphatic carbocycles. The first kappa shape index (κ1) is 25.2. The predicted molar refractivity (Wildman–Crippen MR) is 123 cm³/mol. The van der Waals surface area contributed by atoms with Crippen molar-refractivity contribution < 1.29 is 31.9 Å². The summed E-state index contributed by atoms with van der Waals surface area (Å²) >= 11 is 0. The lowest BCUT2D eigenvalue weighted by Gasteiger charge is -2.17. The molecule has 0 radical (unpaired) electrons. The zero-order valence-electron chi connectivity index (χ0n) is 19.5. The van der Waals surface area contributed by atoms with Gasteiger partial charge in [-0.1, -0.05) is 6.07 Å². The fourth-order valence-corrected chi connectivity index (χ4v) is 4.67. The molecule has 2 atom stereocenters. The summed E-state index contributed by atoms with van der Waals surface area (Å²) in [6, 6.07) is 7.17. The zero-order chi connectivity index (χ0) is 26.1. The lowest BCUT2D eigenvalue weighted by Crippen LogP contribution is -2.27. The minimum absolute atomic E-state index is 0.0474. The van der Waals surface area contributed by atoms with Crippen LogP contribution >= 0.6 is 0 Å². The summed E-state index contributed by atoms with van der Waals surface area (Å²) in [5.41, 5.74) is 2.34. The molecule has 0 spiro atoms. The summed E-state index contributed by atoms with van der Waals surface area (Å²) in [5.74, 6) is -6.71. The second-order valence-corrected chi connectivity index (χ2v) is 8.94. The Labute approximate surface area is 204 Å². The van der Waals surface area contributed by atoms with E-state index in [1.807, 2.05) is 0 Å². The van der Waals surface area contributed by atoms with E-state index in [4.69, 9.17) is 0 Å². The number of ketones is 2. The number of amides is 1. The van der Waals surface area contributed by atoms with Crippen LogP contribution in [0.15, 0.2) is 42.6 Å². The Morgan fingerprint density at radius 1 is 0.972 bits per heavy atom. The van der Waals surface area contributed by atoms with Crippen molar-refractivity contribution in [3.05, 3.63) is 88.1 Å². The Balaban J connectivity index is 1.48. The van der Waals surface area contributed by atoms with Crippen LogP contribution in [0.4, 0.5) is 17.6 Å². The third-order valence-corrected chi connectivity index (χ3v) is 6.33. The maximum absolute atomic E-state index is 14.2. The molecule has 186 valence electrons. The highest BCUT2D eigenvalue weighted by atomic mass is 19.2. The van der Waals surface area contributed by atoms with Crippen LogP contribution in [0, 0.1) is 43.0 Å². The topological polar surface area (TPSA) is 76.1 Å². The predicted octanol–water partition coefficient (Wildman–Crippen LogP) is 4.87. The van der Waals surface area contributed by atoms with Crippen molar-refractivity contribution in [1.82, 2.24) is 10.3 Å². The Hall–Kier alpha value is -3.88. The van der Waals surface area contributed by atoms with Crippen LogP contribution in [0.5, 0.6) is 0 Å². The first-order valence-electron chi connectivity index (χ1n) is 11.2. The summed E-state index contributed by atoms with van der Waals surface area (Å²) in [7, 11) is 0. The highest BCUT2D eigenvalue weighted by Gasteiger charge is 2.43. The van der Waals surface area contributed by atoms with Gasteiger partial charge < -0.3 is 5.32 Å². The number of halogens is 4. The third kappa shape index (κ3) is 5.05. The van der Waals surface area contributed by atoms with Crippen molar-refractivity contribution in [1.29, 1.82) is 0 Å². The van der Waals surface area contributed by atoms with Crippen LogP contribution in [0.3, 0.4) is 0 Å². The van der Waals surface area contributed by atoms with Gasteiger partial charge in [0.05, 0.1) is 6.20 Å². The monoisotopic (exact) mass is 498 g/mol. The molecule has 1 fully saturated rings. The number of aromatic nitrogens is 1. The Bertz CT molecular complexity index is 1370. The van der Waals surface area contributed by atoms with Gasteiger partial charge >= 0.3 is 0 Å². The number of carbonyl (C=O) groups excluding carboxylic acids is 3. The molecule has 1 amide bonds. The second-order valence-electron chi connectivity index (χ2n) is 8.94. The number of Topliss-reactive ketones (excluding diaryl/α,β-unsaturated/α-hetero) is 2. The molecule has 1 aromatic heterocycles. The summed E-state index contributed by atoms with van der Waals surface area (Å²) in [6.45, 7) is 3.33. The molecule has 36 heavy (non-hydrogen) atoms. The van der Waals surface area contributed by atoms with Gasteiger partial charge in [-0.05, 0) is 60.4 Å². The van der Waals surface area contributed by atoms with Crippen LogP contribution < -0.4 is 5.32 Å². The van der Waals surface area contributed by atoms with Crippen molar-refractivity contribution in [3.8, 4) is 11.3 Å². The molecule has 0 bridgehead atoms. The lowest BCUT2D eigenvalue weighted by atomic mass is 9.85. The molecule has 1 saturated carbocycles. The number of hydrogen-bond acceptors (Lipinski definition) is 4. The zero-order valence-corrected chi connectivity index (χ0v) is 19.5. The third-order valence-electron chi connectivity index (χ3n) is 6.33. The highest BCUT2D eigenvalue weighted by molar-refractivity contribution is 6.15. The minimum atomic E-state index is -1.05. The molecule has 3 aromatic rings. The first-order valence-corrected chi connectivity index (χ1v) is 11.2. The van der Waals surface area contributed by atoms with E-state index < -0.39 is 41.0 Å².